The second-order valence-corrected chi connectivity index (χ2v) is 5.73. The molecule has 0 aromatic rings. The van der Waals surface area contributed by atoms with Crippen molar-refractivity contribution in [2.24, 2.45) is 23.2 Å². The van der Waals surface area contributed by atoms with Gasteiger partial charge in [0.15, 0.2) is 0 Å². The topological polar surface area (TPSA) is 0 Å². The van der Waals surface area contributed by atoms with E-state index in [2.05, 4.69) is 13.5 Å². The Hall–Kier alpha value is -0.260. The van der Waals surface area contributed by atoms with E-state index in [0.29, 0.717) is 0 Å². The molecule has 0 heterocycles. The Bertz CT molecular complexity index is 220. The number of hydrogen-bond donors (Lipinski definition) is 0. The molecule has 0 nitrogen and oxygen atoms in total. The van der Waals surface area contributed by atoms with Crippen molar-refractivity contribution in [2.75, 3.05) is 0 Å². The summed E-state index contributed by atoms with van der Waals surface area (Å²) in [4.78, 5) is 0. The molecule has 0 spiro atoms. The van der Waals surface area contributed by atoms with Crippen molar-refractivity contribution in [3.63, 3.8) is 0 Å². The summed E-state index contributed by atoms with van der Waals surface area (Å²) in [6.45, 7) is 6.79. The molecule has 2 atom stereocenters. The highest BCUT2D eigenvalue weighted by Gasteiger charge is 2.49. The predicted molar refractivity (Wildman–Crippen MR) is 50.8 cm³/mol. The lowest BCUT2D eigenvalue weighted by Crippen LogP contribution is -2.45. The van der Waals surface area contributed by atoms with Gasteiger partial charge in [-0.3, -0.25) is 0 Å². The number of allylic oxidation sites excluding steroid dienone is 1. The molecule has 0 aliphatic heterocycles. The average Bonchev–Trinajstić information content (AvgIpc) is 1.96. The van der Waals surface area contributed by atoms with Gasteiger partial charge in [0.1, 0.15) is 0 Å². The first-order valence-electron chi connectivity index (χ1n) is 5.35. The smallest absolute Gasteiger partial charge is 0.0195 e. The second kappa shape index (κ2) is 1.97. The van der Waals surface area contributed by atoms with E-state index in [-0.39, 0.29) is 0 Å². The zero-order chi connectivity index (χ0) is 8.34. The lowest BCUT2D eigenvalue weighted by molar-refractivity contribution is -0.000344. The highest BCUT2D eigenvalue weighted by atomic mass is 14.5. The molecule has 0 aromatic carbocycles. The van der Waals surface area contributed by atoms with E-state index >= 15 is 0 Å². The number of hydrogen-bond acceptors (Lipinski definition) is 0. The van der Waals surface area contributed by atoms with Crippen LogP contribution in [0.5, 0.6) is 0 Å². The fourth-order valence-electron chi connectivity index (χ4n) is 4.27. The summed E-state index contributed by atoms with van der Waals surface area (Å²) in [7, 11) is 0. The minimum atomic E-state index is 0.720. The molecule has 0 heteroatoms. The molecular formula is C12H18. The van der Waals surface area contributed by atoms with E-state index < -0.39 is 0 Å². The van der Waals surface area contributed by atoms with E-state index in [0.717, 1.165) is 23.2 Å². The zero-order valence-corrected chi connectivity index (χ0v) is 7.97. The molecule has 0 radical (unpaired) electrons. The molecule has 0 N–H and O–H groups in total. The van der Waals surface area contributed by atoms with Crippen molar-refractivity contribution in [3.8, 4) is 0 Å². The largest absolute Gasteiger partial charge is 0.0993 e. The van der Waals surface area contributed by atoms with Crippen molar-refractivity contribution in [3.05, 3.63) is 12.2 Å². The van der Waals surface area contributed by atoms with Crippen molar-refractivity contribution < 1.29 is 0 Å². The standard InChI is InChI=1S/C12H18/c1-8-10-3-9-4-11(8)7-12(2,5-9)6-10/h9-11H,1,3-7H2,2H3. The Kier molecular flexibility index (Phi) is 1.18. The molecule has 4 saturated carbocycles. The third-order valence-electron chi connectivity index (χ3n) is 4.54. The third kappa shape index (κ3) is 0.787. The third-order valence-corrected chi connectivity index (χ3v) is 4.54. The van der Waals surface area contributed by atoms with Crippen LogP contribution in [0.4, 0.5) is 0 Å². The van der Waals surface area contributed by atoms with Gasteiger partial charge in [0.05, 0.1) is 0 Å². The van der Waals surface area contributed by atoms with Gasteiger partial charge in [-0.1, -0.05) is 19.1 Å². The van der Waals surface area contributed by atoms with E-state index in [1.165, 1.54) is 32.1 Å². The Morgan fingerprint density at radius 1 is 1.17 bits per heavy atom. The van der Waals surface area contributed by atoms with Crippen LogP contribution < -0.4 is 0 Å². The van der Waals surface area contributed by atoms with Gasteiger partial charge in [-0.05, 0) is 55.3 Å². The molecule has 2 unspecified atom stereocenters. The predicted octanol–water partition coefficient (Wildman–Crippen LogP) is 3.39. The first-order valence-corrected chi connectivity index (χ1v) is 5.35. The molecule has 0 amide bonds. The summed E-state index contributed by atoms with van der Waals surface area (Å²) in [6, 6.07) is 0. The molecule has 4 aliphatic rings. The van der Waals surface area contributed by atoms with Crippen molar-refractivity contribution in [1.29, 1.82) is 0 Å². The monoisotopic (exact) mass is 162 g/mol. The highest BCUT2D eigenvalue weighted by molar-refractivity contribution is 5.19. The summed E-state index contributed by atoms with van der Waals surface area (Å²) >= 11 is 0. The maximum absolute atomic E-state index is 4.28. The normalized spacial score (nSPS) is 56.4. The molecule has 4 bridgehead atoms. The maximum atomic E-state index is 4.28. The highest BCUT2D eigenvalue weighted by Crippen LogP contribution is 2.61. The van der Waals surface area contributed by atoms with E-state index in [1.807, 2.05) is 0 Å². The van der Waals surface area contributed by atoms with Gasteiger partial charge in [0.25, 0.3) is 0 Å². The Morgan fingerprint density at radius 3 is 2.25 bits per heavy atom. The number of rotatable bonds is 0. The summed E-state index contributed by atoms with van der Waals surface area (Å²) in [5, 5.41) is 0. The zero-order valence-electron chi connectivity index (χ0n) is 7.97. The van der Waals surface area contributed by atoms with Crippen molar-refractivity contribution >= 4 is 0 Å². The first-order chi connectivity index (χ1) is 5.66. The second-order valence-electron chi connectivity index (χ2n) is 5.73. The molecule has 4 aliphatic carbocycles. The SMILES string of the molecule is C=C1C2CC3CC1CC(C)(C3)C2. The van der Waals surface area contributed by atoms with Crippen LogP contribution in [0.3, 0.4) is 0 Å². The van der Waals surface area contributed by atoms with Gasteiger partial charge in [-0.2, -0.15) is 0 Å². The minimum absolute atomic E-state index is 0.720. The summed E-state index contributed by atoms with van der Waals surface area (Å²) in [5.41, 5.74) is 2.33. The van der Waals surface area contributed by atoms with Gasteiger partial charge in [0, 0.05) is 0 Å². The Labute approximate surface area is 75.0 Å². The van der Waals surface area contributed by atoms with Crippen LogP contribution in [0.25, 0.3) is 0 Å². The van der Waals surface area contributed by atoms with Crippen molar-refractivity contribution in [1.82, 2.24) is 0 Å². The summed E-state index contributed by atoms with van der Waals surface area (Å²) in [6.07, 6.45) is 7.39. The van der Waals surface area contributed by atoms with Crippen LogP contribution in [-0.2, 0) is 0 Å². The van der Waals surface area contributed by atoms with Crippen LogP contribution in [-0.4, -0.2) is 0 Å². The molecule has 66 valence electrons. The van der Waals surface area contributed by atoms with Crippen molar-refractivity contribution in [2.45, 2.75) is 39.0 Å². The van der Waals surface area contributed by atoms with Gasteiger partial charge in [0.2, 0.25) is 0 Å². The fraction of sp³-hybridized carbons (Fsp3) is 0.833. The summed E-state index contributed by atoms with van der Waals surface area (Å²) in [5.74, 6) is 2.90. The van der Waals surface area contributed by atoms with Gasteiger partial charge in [-0.25, -0.2) is 0 Å². The maximum Gasteiger partial charge on any atom is -0.0195 e. The fourth-order valence-corrected chi connectivity index (χ4v) is 4.27. The lowest BCUT2D eigenvalue weighted by atomic mass is 9.49. The van der Waals surface area contributed by atoms with Crippen LogP contribution in [0, 0.1) is 23.2 Å². The lowest BCUT2D eigenvalue weighted by Gasteiger charge is -2.56. The molecule has 4 fully saturated rings. The molecule has 12 heavy (non-hydrogen) atoms. The first kappa shape index (κ1) is 7.17. The van der Waals surface area contributed by atoms with Crippen LogP contribution >= 0.6 is 0 Å². The quantitative estimate of drug-likeness (QED) is 0.479. The Morgan fingerprint density at radius 2 is 1.75 bits per heavy atom. The average molecular weight is 162 g/mol. The Balaban J connectivity index is 2.00. The minimum Gasteiger partial charge on any atom is -0.0993 e. The molecular weight excluding hydrogens is 144 g/mol. The van der Waals surface area contributed by atoms with Gasteiger partial charge < -0.3 is 0 Å². The van der Waals surface area contributed by atoms with Crippen LogP contribution in [0.1, 0.15) is 39.0 Å². The molecule has 4 rings (SSSR count). The van der Waals surface area contributed by atoms with Crippen LogP contribution in [0.2, 0.25) is 0 Å². The van der Waals surface area contributed by atoms with Gasteiger partial charge in [-0.15, -0.1) is 0 Å². The molecule has 0 aromatic heterocycles. The molecule has 0 saturated heterocycles. The van der Waals surface area contributed by atoms with Gasteiger partial charge >= 0.3 is 0 Å². The van der Waals surface area contributed by atoms with Crippen LogP contribution in [0.15, 0.2) is 12.2 Å². The van der Waals surface area contributed by atoms with E-state index in [9.17, 15) is 0 Å². The summed E-state index contributed by atoms with van der Waals surface area (Å²) < 4.78 is 0. The van der Waals surface area contributed by atoms with E-state index in [4.69, 9.17) is 0 Å². The van der Waals surface area contributed by atoms with E-state index in [1.54, 1.807) is 5.57 Å².